The van der Waals surface area contributed by atoms with Crippen LogP contribution in [0.3, 0.4) is 0 Å². The van der Waals surface area contributed by atoms with Gasteiger partial charge in [-0.25, -0.2) is 0 Å². The molecular weight excluding hydrogens is 242 g/mol. The van der Waals surface area contributed by atoms with E-state index in [9.17, 15) is 0 Å². The molecule has 0 spiro atoms. The molecule has 2 saturated heterocycles. The van der Waals surface area contributed by atoms with Gasteiger partial charge in [-0.2, -0.15) is 0 Å². The molecule has 0 atom stereocenters. The summed E-state index contributed by atoms with van der Waals surface area (Å²) < 4.78 is 22.6. The molecule has 0 unspecified atom stereocenters. The van der Waals surface area contributed by atoms with Crippen LogP contribution in [0.2, 0.25) is 0 Å². The molecule has 0 aromatic rings. The van der Waals surface area contributed by atoms with Gasteiger partial charge in [0.05, 0.1) is 0 Å². The molecule has 0 saturated carbocycles. The fourth-order valence-corrected chi connectivity index (χ4v) is 0.728. The van der Waals surface area contributed by atoms with Gasteiger partial charge in [-0.3, -0.25) is 0 Å². The van der Waals surface area contributed by atoms with E-state index in [1.165, 1.54) is 0 Å². The van der Waals surface area contributed by atoms with Crippen molar-refractivity contribution in [3.8, 4) is 0 Å². The van der Waals surface area contributed by atoms with Gasteiger partial charge in [0.2, 0.25) is 0 Å². The fourth-order valence-electron chi connectivity index (χ4n) is 0.728. The Hall–Kier alpha value is 0.377. The van der Waals surface area contributed by atoms with Gasteiger partial charge < -0.3 is 61.7 Å². The van der Waals surface area contributed by atoms with Crippen molar-refractivity contribution in [1.82, 2.24) is 0 Å². The summed E-state index contributed by atoms with van der Waals surface area (Å²) in [5.74, 6) is 0. The van der Waals surface area contributed by atoms with E-state index in [4.69, 9.17) is 10.0 Å². The predicted octanol–water partition coefficient (Wildman–Crippen LogP) is -9.99. The second-order valence-corrected chi connectivity index (χ2v) is 1.87. The normalized spacial score (nSPS) is 15.9. The van der Waals surface area contributed by atoms with Crippen LogP contribution < -0.4 is 18.9 Å². The minimum Gasteiger partial charge on any atom is -1.00 e. The van der Waals surface area contributed by atoms with Crippen molar-refractivity contribution in [2.24, 2.45) is 0 Å². The van der Waals surface area contributed by atoms with E-state index in [-0.39, 0.29) is 47.7 Å². The first-order valence-corrected chi connectivity index (χ1v) is 2.87. The molecule has 2 rings (SSSR count). The zero-order valence-electron chi connectivity index (χ0n) is 9.75. The molecule has 12 nitrogen and oxygen atoms in total. The van der Waals surface area contributed by atoms with Gasteiger partial charge >= 0.3 is 48.1 Å². The topological polar surface area (TPSA) is 244 Å². The van der Waals surface area contributed by atoms with Crippen molar-refractivity contribution in [1.29, 1.82) is 0 Å². The maximum absolute atomic E-state index is 8.74. The molecule has 17 heteroatoms. The Balaban J connectivity index is -0.0000000514. The van der Waals surface area contributed by atoms with Crippen LogP contribution >= 0.6 is 0 Å². The van der Waals surface area contributed by atoms with E-state index in [1.807, 2.05) is 0 Å². The molecule has 2 bridgehead atoms. The fraction of sp³-hybridized carbons (Fsp3) is 0. The summed E-state index contributed by atoms with van der Waals surface area (Å²) in [7, 11) is -5.20. The van der Waals surface area contributed by atoms with Gasteiger partial charge in [-0.15, -0.1) is 0 Å². The number of fused-ring (bicyclic) bond motifs is 2. The Kier molecular flexibility index (Phi) is 23.0. The van der Waals surface area contributed by atoms with E-state index in [0.29, 0.717) is 0 Å². The minimum atomic E-state index is -1.45. The third-order valence-electron chi connectivity index (χ3n) is 1.13. The number of hydrogen-bond donors (Lipinski definition) is 2. The first-order chi connectivity index (χ1) is 5.24. The number of rotatable bonds is 0. The molecule has 2 aliphatic rings. The summed E-state index contributed by atoms with van der Waals surface area (Å²) in [5.41, 5.74) is 0. The van der Waals surface area contributed by atoms with Crippen LogP contribution in [0.5, 0.6) is 0 Å². The molecular formula is H13B4LiO12. The van der Waals surface area contributed by atoms with Gasteiger partial charge in [0.15, 0.2) is 0 Å². The summed E-state index contributed by atoms with van der Waals surface area (Å²) in [6.45, 7) is 0. The van der Waals surface area contributed by atoms with Crippen molar-refractivity contribution < 1.29 is 80.6 Å². The first kappa shape index (κ1) is 30.4. The third kappa shape index (κ3) is 8.15. The minimum absolute atomic E-state index is 0. The molecule has 17 heavy (non-hydrogen) atoms. The zero-order valence-corrected chi connectivity index (χ0v) is 8.75. The second-order valence-electron chi connectivity index (χ2n) is 1.87. The quantitative estimate of drug-likeness (QED) is 0.395. The molecule has 2 fully saturated rings. The monoisotopic (exact) mass is 256 g/mol. The standard InChI is InChI=1S/B4H2O7.Li.5H2O.H/c5-1-7-3-9-2(6)10-4(8-1)11-3;;;;;;;/h5-6H;;5*1H2;/q;+1;;;;;;-1. The van der Waals surface area contributed by atoms with Gasteiger partial charge in [0.1, 0.15) is 0 Å². The molecule has 12 N–H and O–H groups in total. The maximum Gasteiger partial charge on any atom is 1.00 e. The van der Waals surface area contributed by atoms with Crippen LogP contribution in [0.4, 0.5) is 0 Å². The SMILES string of the molecule is O.O.O.O.O.OB1OB2OB(O)OB(O1)O2.[H-].[Li+]. The molecule has 0 aromatic carbocycles. The maximum atomic E-state index is 8.74. The Morgan fingerprint density at radius 1 is 0.588 bits per heavy atom. The van der Waals surface area contributed by atoms with Crippen molar-refractivity contribution in [3.63, 3.8) is 0 Å². The molecule has 98 valence electrons. The summed E-state index contributed by atoms with van der Waals surface area (Å²) in [6, 6.07) is 0. The second kappa shape index (κ2) is 12.8. The van der Waals surface area contributed by atoms with E-state index >= 15 is 0 Å². The number of hydrogen-bond acceptors (Lipinski definition) is 7. The van der Waals surface area contributed by atoms with Gasteiger partial charge in [-0.05, 0) is 0 Å². The Morgan fingerprint density at radius 2 is 0.824 bits per heavy atom. The van der Waals surface area contributed by atoms with Gasteiger partial charge in [-0.1, -0.05) is 0 Å². The van der Waals surface area contributed by atoms with Crippen LogP contribution in [0.1, 0.15) is 1.43 Å². The first-order valence-electron chi connectivity index (χ1n) is 2.87. The van der Waals surface area contributed by atoms with E-state index < -0.39 is 29.3 Å². The molecule has 0 aromatic heterocycles. The molecule has 0 aliphatic carbocycles. The smallest absolute Gasteiger partial charge is 1.00 e. The summed E-state index contributed by atoms with van der Waals surface area (Å²) >= 11 is 0. The van der Waals surface area contributed by atoms with Crippen molar-refractivity contribution in [2.75, 3.05) is 0 Å². The summed E-state index contributed by atoms with van der Waals surface area (Å²) in [4.78, 5) is 0. The van der Waals surface area contributed by atoms with Crippen LogP contribution in [-0.4, -0.2) is 66.7 Å². The summed E-state index contributed by atoms with van der Waals surface area (Å²) in [6.07, 6.45) is 0. The van der Waals surface area contributed by atoms with Gasteiger partial charge in [0, 0.05) is 0 Å². The molecule has 2 aliphatic heterocycles. The Labute approximate surface area is 110 Å². The van der Waals surface area contributed by atoms with E-state index in [1.54, 1.807) is 0 Å². The van der Waals surface area contributed by atoms with E-state index in [0.717, 1.165) is 0 Å². The Bertz CT molecular complexity index is 130. The molecule has 0 amide bonds. The van der Waals surface area contributed by atoms with Crippen LogP contribution in [0.15, 0.2) is 0 Å². The molecule has 2 heterocycles. The van der Waals surface area contributed by atoms with Crippen LogP contribution in [0, 0.1) is 0 Å². The Morgan fingerprint density at radius 3 is 1.06 bits per heavy atom. The van der Waals surface area contributed by atoms with Crippen molar-refractivity contribution >= 4 is 29.3 Å². The van der Waals surface area contributed by atoms with Crippen LogP contribution in [0.25, 0.3) is 0 Å². The predicted molar refractivity (Wildman–Crippen MR) is 52.1 cm³/mol. The molecule has 0 radical (unpaired) electrons. The van der Waals surface area contributed by atoms with Gasteiger partial charge in [0.25, 0.3) is 0 Å². The van der Waals surface area contributed by atoms with Crippen molar-refractivity contribution in [2.45, 2.75) is 0 Å². The average molecular weight is 255 g/mol. The summed E-state index contributed by atoms with van der Waals surface area (Å²) in [5, 5.41) is 17.5. The van der Waals surface area contributed by atoms with Crippen LogP contribution in [-0.2, 0) is 22.9 Å². The van der Waals surface area contributed by atoms with Crippen molar-refractivity contribution in [3.05, 3.63) is 0 Å². The average Bonchev–Trinajstić information content (AvgIpc) is 1.82. The largest absolute Gasteiger partial charge is 1.00 e. The third-order valence-corrected chi connectivity index (χ3v) is 1.13. The van der Waals surface area contributed by atoms with E-state index in [2.05, 4.69) is 22.9 Å². The zero-order chi connectivity index (χ0) is 7.84.